The van der Waals surface area contributed by atoms with Crippen LogP contribution >= 0.6 is 11.9 Å². The molecule has 0 saturated carbocycles. The fraction of sp³-hybridized carbons (Fsp3) is 0.484. The van der Waals surface area contributed by atoms with E-state index >= 15 is 0 Å². The number of nitrogens with zero attached hydrogens (tertiary/aromatic N) is 3. The Kier molecular flexibility index (Phi) is 10.5. The topological polar surface area (TPSA) is 44.7 Å². The standard InChI is InChI=1S/C31H40F3N5OS/c1-22(2)38-15-12-25(13-16-38)36-20-23-8-11-29-24(17-23)18-26(39(29)21-31(32,33)34)7-6-14-35-28-10-9-27(41-37(3)4)19-30(28)40-5/h8-11,17-19,22,25,35-36H,12-16,20-21H2,1-5H3. The van der Waals surface area contributed by atoms with Gasteiger partial charge in [-0.15, -0.1) is 0 Å². The molecule has 0 radical (unpaired) electrons. The quantitative estimate of drug-likeness (QED) is 0.217. The number of hydrogen-bond donors (Lipinski definition) is 2. The van der Waals surface area contributed by atoms with Crippen molar-refractivity contribution >= 4 is 28.5 Å². The molecular formula is C31H40F3N5OS. The number of piperidine rings is 1. The Balaban J connectivity index is 1.46. The molecule has 6 nitrogen and oxygen atoms in total. The van der Waals surface area contributed by atoms with E-state index in [9.17, 15) is 13.2 Å². The van der Waals surface area contributed by atoms with Crippen LogP contribution in [0.3, 0.4) is 0 Å². The summed E-state index contributed by atoms with van der Waals surface area (Å²) in [6.07, 6.45) is -2.16. The van der Waals surface area contributed by atoms with Gasteiger partial charge in [-0.05, 0) is 114 Å². The van der Waals surface area contributed by atoms with Gasteiger partial charge in [0, 0.05) is 34.4 Å². The highest BCUT2D eigenvalue weighted by Crippen LogP contribution is 2.31. The average Bonchev–Trinajstić information content (AvgIpc) is 3.25. The molecule has 222 valence electrons. The highest BCUT2D eigenvalue weighted by atomic mass is 32.2. The van der Waals surface area contributed by atoms with Gasteiger partial charge in [-0.2, -0.15) is 13.2 Å². The molecule has 0 bridgehead atoms. The molecule has 41 heavy (non-hydrogen) atoms. The van der Waals surface area contributed by atoms with Crippen molar-refractivity contribution in [3.8, 4) is 17.6 Å². The highest BCUT2D eigenvalue weighted by Gasteiger charge is 2.29. The summed E-state index contributed by atoms with van der Waals surface area (Å²) in [4.78, 5) is 3.52. The molecule has 2 heterocycles. The Morgan fingerprint density at radius 3 is 2.51 bits per heavy atom. The summed E-state index contributed by atoms with van der Waals surface area (Å²) in [7, 11) is 5.53. The molecule has 3 aromatic rings. The van der Waals surface area contributed by atoms with Crippen LogP contribution < -0.4 is 15.4 Å². The zero-order chi connectivity index (χ0) is 29.6. The predicted molar refractivity (Wildman–Crippen MR) is 162 cm³/mol. The van der Waals surface area contributed by atoms with E-state index in [1.165, 1.54) is 4.57 Å². The average molecular weight is 588 g/mol. The molecule has 4 rings (SSSR count). The fourth-order valence-electron chi connectivity index (χ4n) is 5.13. The Morgan fingerprint density at radius 1 is 1.10 bits per heavy atom. The summed E-state index contributed by atoms with van der Waals surface area (Å²) in [5.41, 5.74) is 2.70. The molecule has 1 fully saturated rings. The number of benzene rings is 2. The maximum absolute atomic E-state index is 13.5. The van der Waals surface area contributed by atoms with Gasteiger partial charge >= 0.3 is 6.18 Å². The summed E-state index contributed by atoms with van der Waals surface area (Å²) in [5, 5.41) is 7.62. The van der Waals surface area contributed by atoms with Crippen molar-refractivity contribution in [2.24, 2.45) is 0 Å². The molecule has 0 unspecified atom stereocenters. The predicted octanol–water partition coefficient (Wildman–Crippen LogP) is 6.21. The van der Waals surface area contributed by atoms with Crippen LogP contribution in [0, 0.1) is 11.8 Å². The number of likely N-dealkylation sites (tertiary alicyclic amines) is 1. The molecule has 0 atom stereocenters. The number of fused-ring (bicyclic) bond motifs is 1. The third-order valence-corrected chi connectivity index (χ3v) is 8.03. The molecule has 2 N–H and O–H groups in total. The first-order valence-electron chi connectivity index (χ1n) is 13.9. The van der Waals surface area contributed by atoms with E-state index in [0.29, 0.717) is 35.6 Å². The van der Waals surface area contributed by atoms with Gasteiger partial charge in [0.25, 0.3) is 0 Å². The fourth-order valence-corrected chi connectivity index (χ4v) is 5.84. The molecule has 1 aliphatic heterocycles. The number of anilines is 1. The summed E-state index contributed by atoms with van der Waals surface area (Å²) in [5.74, 6) is 6.64. The monoisotopic (exact) mass is 587 g/mol. The molecule has 1 aliphatic rings. The summed E-state index contributed by atoms with van der Waals surface area (Å²) < 4.78 is 49.3. The second-order valence-corrected chi connectivity index (χ2v) is 12.2. The number of alkyl halides is 3. The summed E-state index contributed by atoms with van der Waals surface area (Å²) in [6, 6.07) is 14.3. The third-order valence-electron chi connectivity index (χ3n) is 7.20. The lowest BCUT2D eigenvalue weighted by Crippen LogP contribution is -2.44. The van der Waals surface area contributed by atoms with Gasteiger partial charge in [-0.25, -0.2) is 0 Å². The van der Waals surface area contributed by atoms with Crippen LogP contribution in [0.5, 0.6) is 5.75 Å². The van der Waals surface area contributed by atoms with Crippen molar-refractivity contribution in [2.75, 3.05) is 46.2 Å². The molecule has 0 amide bonds. The Labute approximate surface area is 245 Å². The number of aromatic nitrogens is 1. The number of halogens is 3. The van der Waals surface area contributed by atoms with Gasteiger partial charge in [0.1, 0.15) is 12.3 Å². The van der Waals surface area contributed by atoms with Crippen LogP contribution in [0.15, 0.2) is 47.4 Å². The first-order valence-corrected chi connectivity index (χ1v) is 14.7. The van der Waals surface area contributed by atoms with Crippen molar-refractivity contribution < 1.29 is 17.9 Å². The van der Waals surface area contributed by atoms with Gasteiger partial charge in [0.15, 0.2) is 0 Å². The summed E-state index contributed by atoms with van der Waals surface area (Å²) in [6.45, 7) is 6.48. The lowest BCUT2D eigenvalue weighted by Gasteiger charge is -2.35. The van der Waals surface area contributed by atoms with Crippen LogP contribution in [-0.4, -0.2) is 72.9 Å². The minimum absolute atomic E-state index is 0.259. The second kappa shape index (κ2) is 13.9. The molecule has 10 heteroatoms. The Hall–Kier alpha value is -2.84. The molecule has 1 saturated heterocycles. The van der Waals surface area contributed by atoms with Crippen molar-refractivity contribution in [3.63, 3.8) is 0 Å². The van der Waals surface area contributed by atoms with E-state index in [4.69, 9.17) is 4.74 Å². The molecular weight excluding hydrogens is 547 g/mol. The van der Waals surface area contributed by atoms with Crippen molar-refractivity contribution in [1.82, 2.24) is 19.1 Å². The van der Waals surface area contributed by atoms with E-state index in [1.807, 2.05) is 48.7 Å². The van der Waals surface area contributed by atoms with E-state index in [0.717, 1.165) is 47.5 Å². The van der Waals surface area contributed by atoms with Gasteiger partial charge in [0.05, 0.1) is 25.0 Å². The zero-order valence-corrected chi connectivity index (χ0v) is 25.3. The maximum Gasteiger partial charge on any atom is 0.406 e. The number of rotatable bonds is 10. The highest BCUT2D eigenvalue weighted by molar-refractivity contribution is 7.97. The number of nitrogens with one attached hydrogen (secondary N) is 2. The van der Waals surface area contributed by atoms with Crippen LogP contribution in [0.1, 0.15) is 37.9 Å². The maximum atomic E-state index is 13.5. The van der Waals surface area contributed by atoms with E-state index < -0.39 is 12.7 Å². The van der Waals surface area contributed by atoms with Gasteiger partial charge in [-0.1, -0.05) is 12.0 Å². The smallest absolute Gasteiger partial charge is 0.406 e. The minimum Gasteiger partial charge on any atom is -0.495 e. The van der Waals surface area contributed by atoms with Gasteiger partial charge in [0.2, 0.25) is 0 Å². The van der Waals surface area contributed by atoms with Crippen LogP contribution in [0.2, 0.25) is 0 Å². The van der Waals surface area contributed by atoms with Crippen molar-refractivity contribution in [2.45, 2.75) is 62.9 Å². The summed E-state index contributed by atoms with van der Waals surface area (Å²) >= 11 is 1.58. The van der Waals surface area contributed by atoms with E-state index in [1.54, 1.807) is 31.2 Å². The largest absolute Gasteiger partial charge is 0.495 e. The lowest BCUT2D eigenvalue weighted by atomic mass is 10.0. The lowest BCUT2D eigenvalue weighted by molar-refractivity contribution is -0.140. The van der Waals surface area contributed by atoms with Gasteiger partial charge in [-0.3, -0.25) is 4.31 Å². The van der Waals surface area contributed by atoms with Crippen molar-refractivity contribution in [1.29, 1.82) is 0 Å². The van der Waals surface area contributed by atoms with Crippen molar-refractivity contribution in [3.05, 3.63) is 53.7 Å². The number of ether oxygens (including phenoxy) is 1. The Morgan fingerprint density at radius 2 is 1.85 bits per heavy atom. The first-order chi connectivity index (χ1) is 19.5. The molecule has 0 aliphatic carbocycles. The third kappa shape index (κ3) is 8.82. The van der Waals surface area contributed by atoms with Crippen LogP contribution in [0.25, 0.3) is 10.9 Å². The van der Waals surface area contributed by atoms with E-state index in [-0.39, 0.29) is 6.54 Å². The Bertz CT molecular complexity index is 1370. The SMILES string of the molecule is COc1cc(SN(C)C)ccc1NCC#Cc1cc2cc(CNC3CCN(C(C)C)CC3)ccc2n1CC(F)(F)F. The normalized spacial score (nSPS) is 15.0. The number of hydrogen-bond acceptors (Lipinski definition) is 6. The second-order valence-electron chi connectivity index (χ2n) is 10.8. The van der Waals surface area contributed by atoms with E-state index in [2.05, 4.69) is 41.2 Å². The minimum atomic E-state index is -4.36. The molecule has 1 aromatic heterocycles. The number of methoxy groups -OCH3 is 1. The molecule has 0 spiro atoms. The van der Waals surface area contributed by atoms with Crippen LogP contribution in [-0.2, 0) is 13.1 Å². The van der Waals surface area contributed by atoms with Crippen LogP contribution in [0.4, 0.5) is 18.9 Å². The zero-order valence-electron chi connectivity index (χ0n) is 24.4. The first kappa shape index (κ1) is 31.1. The van der Waals surface area contributed by atoms with Gasteiger partial charge < -0.3 is 24.8 Å². The molecule has 2 aromatic carbocycles.